The predicted octanol–water partition coefficient (Wildman–Crippen LogP) is 2.59. The molecule has 0 spiro atoms. The van der Waals surface area contributed by atoms with Crippen LogP contribution in [-0.4, -0.2) is 30.4 Å². The number of hydrogen-bond donors (Lipinski definition) is 2. The smallest absolute Gasteiger partial charge is 0.238 e. The Hall–Kier alpha value is -1.26. The fourth-order valence-corrected chi connectivity index (χ4v) is 2.59. The van der Waals surface area contributed by atoms with Crippen LogP contribution < -0.4 is 11.1 Å². The summed E-state index contributed by atoms with van der Waals surface area (Å²) in [7, 11) is 0. The quantitative estimate of drug-likeness (QED) is 0.834. The first-order valence-electron chi connectivity index (χ1n) is 6.65. The Morgan fingerprint density at radius 1 is 1.58 bits per heavy atom. The van der Waals surface area contributed by atoms with Crippen LogP contribution in [0.2, 0.25) is 5.02 Å². The molecule has 19 heavy (non-hydrogen) atoms. The number of carbonyl (C=O) groups is 1. The van der Waals surface area contributed by atoms with E-state index in [0.717, 1.165) is 19.0 Å². The van der Waals surface area contributed by atoms with Crippen molar-refractivity contribution in [2.24, 2.45) is 5.92 Å². The number of hydrogen-bond acceptors (Lipinski definition) is 3. The molecule has 1 fully saturated rings. The molecule has 0 saturated carbocycles. The van der Waals surface area contributed by atoms with Crippen LogP contribution in [0.4, 0.5) is 11.4 Å². The molecule has 0 radical (unpaired) electrons. The molecule has 0 bridgehead atoms. The zero-order chi connectivity index (χ0) is 13.8. The van der Waals surface area contributed by atoms with Gasteiger partial charge in [0.1, 0.15) is 0 Å². The van der Waals surface area contributed by atoms with Crippen molar-refractivity contribution in [3.63, 3.8) is 0 Å². The van der Waals surface area contributed by atoms with Crippen molar-refractivity contribution in [1.29, 1.82) is 0 Å². The van der Waals surface area contributed by atoms with Crippen LogP contribution in [0.1, 0.15) is 19.8 Å². The molecule has 1 atom stereocenters. The third-order valence-corrected chi connectivity index (χ3v) is 3.91. The van der Waals surface area contributed by atoms with Gasteiger partial charge in [-0.3, -0.25) is 9.69 Å². The zero-order valence-corrected chi connectivity index (χ0v) is 11.9. The van der Waals surface area contributed by atoms with Crippen LogP contribution in [-0.2, 0) is 4.79 Å². The first kappa shape index (κ1) is 14.2. The molecule has 4 nitrogen and oxygen atoms in total. The number of rotatable bonds is 4. The van der Waals surface area contributed by atoms with E-state index >= 15 is 0 Å². The summed E-state index contributed by atoms with van der Waals surface area (Å²) in [6.07, 6.45) is 2.36. The van der Waals surface area contributed by atoms with Gasteiger partial charge in [0.25, 0.3) is 0 Å². The Bertz CT molecular complexity index is 464. The molecule has 1 amide bonds. The second-order valence-corrected chi connectivity index (χ2v) is 5.49. The molecular weight excluding hydrogens is 262 g/mol. The minimum absolute atomic E-state index is 0.0377. The predicted molar refractivity (Wildman–Crippen MR) is 79.3 cm³/mol. The van der Waals surface area contributed by atoms with Gasteiger partial charge in [0, 0.05) is 12.2 Å². The van der Waals surface area contributed by atoms with Crippen molar-refractivity contribution in [3.05, 3.63) is 23.2 Å². The number of nitrogens with zero attached hydrogens (tertiary/aromatic N) is 1. The van der Waals surface area contributed by atoms with Crippen LogP contribution >= 0.6 is 11.6 Å². The lowest BCUT2D eigenvalue weighted by Crippen LogP contribution is -2.31. The lowest BCUT2D eigenvalue weighted by molar-refractivity contribution is -0.117. The molecule has 1 aliphatic heterocycles. The Labute approximate surface area is 118 Å². The minimum atomic E-state index is -0.0377. The molecular formula is C14H20ClN3O. The molecule has 0 aromatic heterocycles. The van der Waals surface area contributed by atoms with Gasteiger partial charge in [0.15, 0.2) is 0 Å². The Morgan fingerprint density at radius 3 is 3.05 bits per heavy atom. The van der Waals surface area contributed by atoms with Gasteiger partial charge in [0.05, 0.1) is 17.3 Å². The number of amides is 1. The summed E-state index contributed by atoms with van der Waals surface area (Å²) in [5.74, 6) is 0.688. The van der Waals surface area contributed by atoms with Gasteiger partial charge in [-0.05, 0) is 37.1 Å². The number of anilines is 2. The summed E-state index contributed by atoms with van der Waals surface area (Å²) >= 11 is 6.02. The largest absolute Gasteiger partial charge is 0.399 e. The fourth-order valence-electron chi connectivity index (χ4n) is 2.42. The van der Waals surface area contributed by atoms with Gasteiger partial charge in [-0.25, -0.2) is 0 Å². The average molecular weight is 282 g/mol. The van der Waals surface area contributed by atoms with Gasteiger partial charge in [-0.2, -0.15) is 0 Å². The maximum atomic E-state index is 12.0. The van der Waals surface area contributed by atoms with Crippen molar-refractivity contribution in [2.75, 3.05) is 30.7 Å². The van der Waals surface area contributed by atoms with Crippen molar-refractivity contribution in [1.82, 2.24) is 4.90 Å². The van der Waals surface area contributed by atoms with Crippen LogP contribution in [0.15, 0.2) is 18.2 Å². The van der Waals surface area contributed by atoms with E-state index in [9.17, 15) is 4.79 Å². The van der Waals surface area contributed by atoms with Crippen LogP contribution in [0.5, 0.6) is 0 Å². The third kappa shape index (κ3) is 3.85. The van der Waals surface area contributed by atoms with Crippen LogP contribution in [0, 0.1) is 5.92 Å². The van der Waals surface area contributed by atoms with E-state index in [1.165, 1.54) is 12.8 Å². The monoisotopic (exact) mass is 281 g/mol. The van der Waals surface area contributed by atoms with E-state index in [4.69, 9.17) is 17.3 Å². The molecule has 1 aliphatic rings. The number of nitrogens with one attached hydrogen (secondary N) is 1. The topological polar surface area (TPSA) is 58.4 Å². The van der Waals surface area contributed by atoms with E-state index in [1.54, 1.807) is 18.2 Å². The summed E-state index contributed by atoms with van der Waals surface area (Å²) in [5.41, 5.74) is 6.85. The number of likely N-dealkylation sites (tertiary alicyclic amines) is 1. The average Bonchev–Trinajstić information content (AvgIpc) is 2.81. The van der Waals surface area contributed by atoms with Gasteiger partial charge < -0.3 is 11.1 Å². The van der Waals surface area contributed by atoms with Crippen LogP contribution in [0.3, 0.4) is 0 Å². The highest BCUT2D eigenvalue weighted by molar-refractivity contribution is 6.33. The summed E-state index contributed by atoms with van der Waals surface area (Å²) < 4.78 is 0. The third-order valence-electron chi connectivity index (χ3n) is 3.58. The Balaban J connectivity index is 1.89. The van der Waals surface area contributed by atoms with Crippen molar-refractivity contribution >= 4 is 28.9 Å². The Kier molecular flexibility index (Phi) is 4.66. The summed E-state index contributed by atoms with van der Waals surface area (Å²) in [4.78, 5) is 14.2. The highest BCUT2D eigenvalue weighted by Crippen LogP contribution is 2.24. The van der Waals surface area contributed by atoms with E-state index in [2.05, 4.69) is 17.1 Å². The number of carbonyl (C=O) groups excluding carboxylic acids is 1. The summed E-state index contributed by atoms with van der Waals surface area (Å²) in [5, 5.41) is 3.33. The van der Waals surface area contributed by atoms with Crippen molar-refractivity contribution < 1.29 is 4.79 Å². The molecule has 104 valence electrons. The molecule has 1 aromatic rings. The molecule has 3 N–H and O–H groups in total. The second kappa shape index (κ2) is 6.26. The maximum Gasteiger partial charge on any atom is 0.238 e. The van der Waals surface area contributed by atoms with Crippen molar-refractivity contribution in [2.45, 2.75) is 19.8 Å². The SMILES string of the molecule is CCC1CCN(CC(=O)Nc2cc(N)ccc2Cl)C1. The molecule has 1 heterocycles. The zero-order valence-electron chi connectivity index (χ0n) is 11.2. The van der Waals surface area contributed by atoms with Crippen molar-refractivity contribution in [3.8, 4) is 0 Å². The van der Waals surface area contributed by atoms with E-state index in [0.29, 0.717) is 22.9 Å². The molecule has 1 aromatic carbocycles. The Morgan fingerprint density at radius 2 is 2.37 bits per heavy atom. The summed E-state index contributed by atoms with van der Waals surface area (Å²) in [6, 6.07) is 5.08. The lowest BCUT2D eigenvalue weighted by Gasteiger charge is -2.15. The van der Waals surface area contributed by atoms with Gasteiger partial charge in [-0.15, -0.1) is 0 Å². The number of halogens is 1. The molecule has 1 unspecified atom stereocenters. The number of nitrogen functional groups attached to an aromatic ring is 1. The first-order valence-corrected chi connectivity index (χ1v) is 7.03. The van der Waals surface area contributed by atoms with E-state index in [-0.39, 0.29) is 5.91 Å². The van der Waals surface area contributed by atoms with E-state index < -0.39 is 0 Å². The number of nitrogens with two attached hydrogens (primary N) is 1. The molecule has 2 rings (SSSR count). The first-order chi connectivity index (χ1) is 9.08. The standard InChI is InChI=1S/C14H20ClN3O/c1-2-10-5-6-18(8-10)9-14(19)17-13-7-11(16)3-4-12(13)15/h3-4,7,10H,2,5-6,8-9,16H2,1H3,(H,17,19). The van der Waals surface area contributed by atoms with Gasteiger partial charge in [-0.1, -0.05) is 24.9 Å². The summed E-state index contributed by atoms with van der Waals surface area (Å²) in [6.45, 7) is 4.62. The highest BCUT2D eigenvalue weighted by Gasteiger charge is 2.22. The molecule has 1 saturated heterocycles. The van der Waals surface area contributed by atoms with Gasteiger partial charge >= 0.3 is 0 Å². The lowest BCUT2D eigenvalue weighted by atomic mass is 10.1. The second-order valence-electron chi connectivity index (χ2n) is 5.09. The van der Waals surface area contributed by atoms with E-state index in [1.807, 2.05) is 0 Å². The fraction of sp³-hybridized carbons (Fsp3) is 0.500. The maximum absolute atomic E-state index is 12.0. The normalized spacial score (nSPS) is 19.6. The van der Waals surface area contributed by atoms with Gasteiger partial charge in [0.2, 0.25) is 5.91 Å². The minimum Gasteiger partial charge on any atom is -0.399 e. The molecule has 5 heteroatoms. The highest BCUT2D eigenvalue weighted by atomic mass is 35.5. The number of benzene rings is 1. The molecule has 0 aliphatic carbocycles. The van der Waals surface area contributed by atoms with Crippen LogP contribution in [0.25, 0.3) is 0 Å².